The van der Waals surface area contributed by atoms with E-state index in [-0.39, 0.29) is 0 Å². The van der Waals surface area contributed by atoms with Crippen molar-refractivity contribution in [3.63, 3.8) is 0 Å². The second-order valence-electron chi connectivity index (χ2n) is 4.40. The van der Waals surface area contributed by atoms with Crippen LogP contribution in [0.2, 0.25) is 5.02 Å². The van der Waals surface area contributed by atoms with Crippen molar-refractivity contribution in [2.75, 3.05) is 5.32 Å². The number of nitrogens with zero attached hydrogens (tertiary/aromatic N) is 2. The molecule has 1 N–H and O–H groups in total. The molecule has 0 radical (unpaired) electrons. The van der Waals surface area contributed by atoms with Gasteiger partial charge in [-0.1, -0.05) is 17.7 Å². The van der Waals surface area contributed by atoms with Crippen LogP contribution < -0.4 is 5.32 Å². The lowest BCUT2D eigenvalue weighted by atomic mass is 10.2. The van der Waals surface area contributed by atoms with Crippen molar-refractivity contribution >= 4 is 33.2 Å². The molecule has 0 amide bonds. The highest BCUT2D eigenvalue weighted by Crippen LogP contribution is 2.23. The van der Waals surface area contributed by atoms with Crippen molar-refractivity contribution in [1.82, 2.24) is 9.78 Å². The first-order chi connectivity index (χ1) is 8.56. The number of benzene rings is 1. The van der Waals surface area contributed by atoms with Gasteiger partial charge in [0.25, 0.3) is 0 Å². The van der Waals surface area contributed by atoms with Crippen LogP contribution in [0.5, 0.6) is 0 Å². The van der Waals surface area contributed by atoms with Gasteiger partial charge in [0.2, 0.25) is 0 Å². The summed E-state index contributed by atoms with van der Waals surface area (Å²) in [5.41, 5.74) is 2.16. The smallest absolute Gasteiger partial charge is 0.0729 e. The highest BCUT2D eigenvalue weighted by molar-refractivity contribution is 9.10. The monoisotopic (exact) mass is 327 g/mol. The first-order valence-corrected chi connectivity index (χ1v) is 6.95. The second-order valence-corrected chi connectivity index (χ2v) is 5.67. The Kier molecular flexibility index (Phi) is 4.30. The molecule has 96 valence electrons. The van der Waals surface area contributed by atoms with Gasteiger partial charge < -0.3 is 5.32 Å². The van der Waals surface area contributed by atoms with Gasteiger partial charge in [-0.3, -0.25) is 4.68 Å². The summed E-state index contributed by atoms with van der Waals surface area (Å²) in [6.07, 6.45) is 3.84. The van der Waals surface area contributed by atoms with Gasteiger partial charge in [-0.25, -0.2) is 0 Å². The van der Waals surface area contributed by atoms with Crippen LogP contribution in [0.3, 0.4) is 0 Å². The summed E-state index contributed by atoms with van der Waals surface area (Å²) in [5, 5.41) is 8.33. The van der Waals surface area contributed by atoms with Crippen LogP contribution >= 0.6 is 27.5 Å². The van der Waals surface area contributed by atoms with Crippen LogP contribution in [0.25, 0.3) is 0 Å². The number of halogens is 2. The highest BCUT2D eigenvalue weighted by atomic mass is 79.9. The van der Waals surface area contributed by atoms with Gasteiger partial charge in [0.1, 0.15) is 0 Å². The number of hydrogen-bond donors (Lipinski definition) is 1. The van der Waals surface area contributed by atoms with Crippen LogP contribution in [-0.4, -0.2) is 9.78 Å². The molecule has 3 nitrogen and oxygen atoms in total. The Labute approximate surface area is 120 Å². The van der Waals surface area contributed by atoms with Crippen LogP contribution in [-0.2, 0) is 6.54 Å². The molecule has 2 aromatic rings. The van der Waals surface area contributed by atoms with Crippen molar-refractivity contribution in [2.24, 2.45) is 0 Å². The minimum absolute atomic E-state index is 0.377. The van der Waals surface area contributed by atoms with E-state index in [0.717, 1.165) is 27.3 Å². The molecular formula is C13H15BrClN3. The highest BCUT2D eigenvalue weighted by Gasteiger charge is 2.02. The van der Waals surface area contributed by atoms with Crippen molar-refractivity contribution in [2.45, 2.75) is 26.4 Å². The largest absolute Gasteiger partial charge is 0.378 e. The molecule has 0 spiro atoms. The minimum Gasteiger partial charge on any atom is -0.378 e. The van der Waals surface area contributed by atoms with Crippen molar-refractivity contribution < 1.29 is 0 Å². The minimum atomic E-state index is 0.377. The predicted molar refractivity (Wildman–Crippen MR) is 79.1 cm³/mol. The maximum atomic E-state index is 6.05. The fourth-order valence-corrected chi connectivity index (χ4v) is 2.02. The van der Waals surface area contributed by atoms with E-state index in [9.17, 15) is 0 Å². The molecule has 0 fully saturated rings. The maximum Gasteiger partial charge on any atom is 0.0729 e. The van der Waals surface area contributed by atoms with E-state index >= 15 is 0 Å². The Morgan fingerprint density at radius 1 is 1.44 bits per heavy atom. The summed E-state index contributed by atoms with van der Waals surface area (Å²) in [4.78, 5) is 0. The van der Waals surface area contributed by atoms with E-state index in [1.165, 1.54) is 0 Å². The lowest BCUT2D eigenvalue weighted by Gasteiger charge is -2.06. The van der Waals surface area contributed by atoms with Gasteiger partial charge in [-0.05, 0) is 47.5 Å². The Morgan fingerprint density at radius 3 is 2.83 bits per heavy atom. The summed E-state index contributed by atoms with van der Waals surface area (Å²) in [6, 6.07) is 6.32. The van der Waals surface area contributed by atoms with Gasteiger partial charge >= 0.3 is 0 Å². The number of anilines is 1. The van der Waals surface area contributed by atoms with E-state index in [2.05, 4.69) is 40.2 Å². The zero-order valence-electron chi connectivity index (χ0n) is 10.3. The van der Waals surface area contributed by atoms with Crippen LogP contribution in [0.15, 0.2) is 35.1 Å². The molecule has 1 aromatic heterocycles. The first kappa shape index (κ1) is 13.4. The molecule has 18 heavy (non-hydrogen) atoms. The molecule has 2 rings (SSSR count). The quantitative estimate of drug-likeness (QED) is 0.896. The molecule has 1 aromatic carbocycles. The molecule has 0 aliphatic carbocycles. The van der Waals surface area contributed by atoms with Crippen LogP contribution in [0.4, 0.5) is 5.69 Å². The third kappa shape index (κ3) is 3.27. The average molecular weight is 329 g/mol. The SMILES string of the molecule is CC(C)n1cc(NCc2ccc(Br)c(Cl)c2)cn1. The molecule has 0 aliphatic rings. The van der Waals surface area contributed by atoms with E-state index in [4.69, 9.17) is 11.6 Å². The van der Waals surface area contributed by atoms with Crippen LogP contribution in [0.1, 0.15) is 25.5 Å². The maximum absolute atomic E-state index is 6.05. The Balaban J connectivity index is 2.00. The van der Waals surface area contributed by atoms with E-state index in [1.54, 1.807) is 0 Å². The van der Waals surface area contributed by atoms with Gasteiger partial charge in [-0.2, -0.15) is 5.10 Å². The number of nitrogens with one attached hydrogen (secondary N) is 1. The molecule has 0 saturated carbocycles. The standard InChI is InChI=1S/C13H15BrClN3/c1-9(2)18-8-11(7-17-18)16-6-10-3-4-12(14)13(15)5-10/h3-5,7-9,16H,6H2,1-2H3. The molecule has 0 saturated heterocycles. The van der Waals surface area contributed by atoms with Crippen LogP contribution in [0, 0.1) is 0 Å². The third-order valence-corrected chi connectivity index (χ3v) is 3.84. The van der Waals surface area contributed by atoms with Crippen molar-refractivity contribution in [3.05, 3.63) is 45.7 Å². The zero-order valence-corrected chi connectivity index (χ0v) is 12.7. The summed E-state index contributed by atoms with van der Waals surface area (Å²) >= 11 is 9.43. The van der Waals surface area contributed by atoms with E-state index in [1.807, 2.05) is 35.3 Å². The number of aromatic nitrogens is 2. The molecule has 0 aliphatic heterocycles. The molecule has 5 heteroatoms. The Morgan fingerprint density at radius 2 is 2.22 bits per heavy atom. The van der Waals surface area contributed by atoms with Crippen molar-refractivity contribution in [1.29, 1.82) is 0 Å². The predicted octanol–water partition coefficient (Wildman–Crippen LogP) is 4.49. The fraction of sp³-hybridized carbons (Fsp3) is 0.308. The molecular weight excluding hydrogens is 314 g/mol. The third-order valence-electron chi connectivity index (χ3n) is 2.61. The lowest BCUT2D eigenvalue weighted by Crippen LogP contribution is -2.01. The summed E-state index contributed by atoms with van der Waals surface area (Å²) in [5.74, 6) is 0. The molecule has 0 atom stereocenters. The van der Waals surface area contributed by atoms with E-state index < -0.39 is 0 Å². The normalized spacial score (nSPS) is 10.9. The summed E-state index contributed by atoms with van der Waals surface area (Å²) in [6.45, 7) is 4.94. The van der Waals surface area contributed by atoms with E-state index in [0.29, 0.717) is 6.04 Å². The van der Waals surface area contributed by atoms with Gasteiger partial charge in [0.15, 0.2) is 0 Å². The second kappa shape index (κ2) is 5.76. The Hall–Kier alpha value is -1.00. The van der Waals surface area contributed by atoms with Gasteiger partial charge in [0.05, 0.1) is 16.9 Å². The molecule has 0 bridgehead atoms. The number of hydrogen-bond acceptors (Lipinski definition) is 2. The van der Waals surface area contributed by atoms with Gasteiger partial charge in [-0.15, -0.1) is 0 Å². The zero-order chi connectivity index (χ0) is 13.1. The summed E-state index contributed by atoms with van der Waals surface area (Å²) in [7, 11) is 0. The number of rotatable bonds is 4. The van der Waals surface area contributed by atoms with Gasteiger partial charge in [0, 0.05) is 23.3 Å². The first-order valence-electron chi connectivity index (χ1n) is 5.78. The Bertz CT molecular complexity index is 537. The lowest BCUT2D eigenvalue weighted by molar-refractivity contribution is 0.532. The van der Waals surface area contributed by atoms with Crippen molar-refractivity contribution in [3.8, 4) is 0 Å². The molecule has 1 heterocycles. The average Bonchev–Trinajstić information content (AvgIpc) is 2.79. The molecule has 0 unspecified atom stereocenters. The fourth-order valence-electron chi connectivity index (χ4n) is 1.57. The topological polar surface area (TPSA) is 29.9 Å². The summed E-state index contributed by atoms with van der Waals surface area (Å²) < 4.78 is 2.84.